The summed E-state index contributed by atoms with van der Waals surface area (Å²) in [5, 5.41) is 3.28. The predicted octanol–water partition coefficient (Wildman–Crippen LogP) is 1.20. The number of nitrogens with one attached hydrogen (secondary N) is 1. The molecule has 1 saturated heterocycles. The quantitative estimate of drug-likeness (QED) is 0.869. The monoisotopic (exact) mass is 260 g/mol. The molecule has 2 heterocycles. The van der Waals surface area contributed by atoms with E-state index in [0.717, 1.165) is 37.2 Å². The van der Waals surface area contributed by atoms with Crippen molar-refractivity contribution in [3.63, 3.8) is 0 Å². The molecule has 3 rings (SSSR count). The van der Waals surface area contributed by atoms with Gasteiger partial charge in [-0.3, -0.25) is 4.79 Å². The molecular weight excluding hydrogens is 240 g/mol. The van der Waals surface area contributed by atoms with Crippen LogP contribution in [0.1, 0.15) is 18.4 Å². The molecule has 2 aliphatic heterocycles. The van der Waals surface area contributed by atoms with E-state index in [1.54, 1.807) is 0 Å². The highest BCUT2D eigenvalue weighted by molar-refractivity contribution is 5.82. The van der Waals surface area contributed by atoms with Crippen LogP contribution < -0.4 is 10.1 Å². The van der Waals surface area contributed by atoms with E-state index < -0.39 is 0 Å². The second-order valence-electron chi connectivity index (χ2n) is 5.31. The first-order valence-electron chi connectivity index (χ1n) is 6.98. The van der Waals surface area contributed by atoms with Crippen LogP contribution in [0.5, 0.6) is 5.75 Å². The van der Waals surface area contributed by atoms with Gasteiger partial charge in [-0.25, -0.2) is 0 Å². The maximum absolute atomic E-state index is 12.4. The second-order valence-corrected chi connectivity index (χ2v) is 5.31. The Kier molecular flexibility index (Phi) is 3.42. The fourth-order valence-corrected chi connectivity index (χ4v) is 2.91. The molecule has 1 fully saturated rings. The summed E-state index contributed by atoms with van der Waals surface area (Å²) in [7, 11) is 1.98. The SMILES string of the molecule is CNC1CCN(C(=O)C2Cc3ccccc3O2)CC1. The molecule has 1 aromatic rings. The Morgan fingerprint density at radius 2 is 2.05 bits per heavy atom. The maximum Gasteiger partial charge on any atom is 0.263 e. The summed E-state index contributed by atoms with van der Waals surface area (Å²) in [6.45, 7) is 1.67. The number of rotatable bonds is 2. The van der Waals surface area contributed by atoms with E-state index in [1.165, 1.54) is 0 Å². The van der Waals surface area contributed by atoms with Gasteiger partial charge in [-0.15, -0.1) is 0 Å². The highest BCUT2D eigenvalue weighted by Crippen LogP contribution is 2.29. The van der Waals surface area contributed by atoms with Crippen LogP contribution in [0.15, 0.2) is 24.3 Å². The first-order valence-corrected chi connectivity index (χ1v) is 6.98. The minimum atomic E-state index is -0.316. The number of para-hydroxylation sites is 1. The average molecular weight is 260 g/mol. The lowest BCUT2D eigenvalue weighted by Gasteiger charge is -2.33. The number of nitrogens with zero attached hydrogens (tertiary/aromatic N) is 1. The van der Waals surface area contributed by atoms with Crippen molar-refractivity contribution in [3.05, 3.63) is 29.8 Å². The zero-order valence-corrected chi connectivity index (χ0v) is 11.3. The molecule has 0 bridgehead atoms. The molecule has 1 aromatic carbocycles. The van der Waals surface area contributed by atoms with Gasteiger partial charge in [0.15, 0.2) is 6.10 Å². The fourth-order valence-electron chi connectivity index (χ4n) is 2.91. The van der Waals surface area contributed by atoms with Crippen molar-refractivity contribution in [3.8, 4) is 5.75 Å². The second kappa shape index (κ2) is 5.21. The molecule has 0 saturated carbocycles. The zero-order chi connectivity index (χ0) is 13.2. The third-order valence-electron chi connectivity index (χ3n) is 4.14. The van der Waals surface area contributed by atoms with Gasteiger partial charge in [0.2, 0.25) is 0 Å². The van der Waals surface area contributed by atoms with Crippen LogP contribution in [-0.2, 0) is 11.2 Å². The summed E-state index contributed by atoms with van der Waals surface area (Å²) in [6.07, 6.45) is 2.45. The Labute approximate surface area is 113 Å². The summed E-state index contributed by atoms with van der Waals surface area (Å²) in [4.78, 5) is 14.4. The number of hydrogen-bond donors (Lipinski definition) is 1. The van der Waals surface area contributed by atoms with Gasteiger partial charge in [-0.1, -0.05) is 18.2 Å². The van der Waals surface area contributed by atoms with Crippen molar-refractivity contribution in [2.75, 3.05) is 20.1 Å². The summed E-state index contributed by atoms with van der Waals surface area (Å²) in [6, 6.07) is 8.47. The Morgan fingerprint density at radius 3 is 2.74 bits per heavy atom. The van der Waals surface area contributed by atoms with Crippen LogP contribution in [-0.4, -0.2) is 43.1 Å². The molecule has 4 nitrogen and oxygen atoms in total. The summed E-state index contributed by atoms with van der Waals surface area (Å²) in [5.74, 6) is 1.01. The van der Waals surface area contributed by atoms with Gasteiger partial charge in [-0.2, -0.15) is 0 Å². The van der Waals surface area contributed by atoms with Gasteiger partial charge in [0, 0.05) is 25.6 Å². The van der Waals surface area contributed by atoms with Gasteiger partial charge in [0.05, 0.1) is 0 Å². The molecule has 0 radical (unpaired) electrons. The van der Waals surface area contributed by atoms with Crippen molar-refractivity contribution in [2.24, 2.45) is 0 Å². The lowest BCUT2D eigenvalue weighted by atomic mass is 10.0. The number of carbonyl (C=O) groups is 1. The zero-order valence-electron chi connectivity index (χ0n) is 11.3. The van der Waals surface area contributed by atoms with Crippen LogP contribution >= 0.6 is 0 Å². The van der Waals surface area contributed by atoms with E-state index in [2.05, 4.69) is 5.32 Å². The van der Waals surface area contributed by atoms with Crippen molar-refractivity contribution >= 4 is 5.91 Å². The van der Waals surface area contributed by atoms with Gasteiger partial charge < -0.3 is 15.0 Å². The number of amides is 1. The number of fused-ring (bicyclic) bond motifs is 1. The number of carbonyl (C=O) groups excluding carboxylic acids is 1. The summed E-state index contributed by atoms with van der Waals surface area (Å²) >= 11 is 0. The van der Waals surface area contributed by atoms with Crippen molar-refractivity contribution in [1.29, 1.82) is 0 Å². The molecule has 1 unspecified atom stereocenters. The van der Waals surface area contributed by atoms with Gasteiger partial charge in [0.25, 0.3) is 5.91 Å². The fraction of sp³-hybridized carbons (Fsp3) is 0.533. The van der Waals surface area contributed by atoms with Crippen LogP contribution in [0, 0.1) is 0 Å². The van der Waals surface area contributed by atoms with E-state index in [0.29, 0.717) is 12.5 Å². The number of hydrogen-bond acceptors (Lipinski definition) is 3. The molecular formula is C15H20N2O2. The standard InChI is InChI=1S/C15H20N2O2/c1-16-12-6-8-17(9-7-12)15(18)14-10-11-4-2-3-5-13(11)19-14/h2-5,12,14,16H,6-10H2,1H3. The molecule has 4 heteroatoms. The number of benzene rings is 1. The smallest absolute Gasteiger partial charge is 0.263 e. The topological polar surface area (TPSA) is 41.6 Å². The lowest BCUT2D eigenvalue weighted by molar-refractivity contribution is -0.139. The van der Waals surface area contributed by atoms with Crippen LogP contribution in [0.4, 0.5) is 0 Å². The number of ether oxygens (including phenoxy) is 1. The summed E-state index contributed by atoms with van der Waals surface area (Å²) < 4.78 is 5.77. The van der Waals surface area contributed by atoms with Crippen molar-refractivity contribution < 1.29 is 9.53 Å². The molecule has 1 N–H and O–H groups in total. The lowest BCUT2D eigenvalue weighted by Crippen LogP contribution is -2.48. The van der Waals surface area contributed by atoms with Crippen LogP contribution in [0.3, 0.4) is 0 Å². The Balaban J connectivity index is 1.61. The van der Waals surface area contributed by atoms with Crippen molar-refractivity contribution in [1.82, 2.24) is 10.2 Å². The third-order valence-corrected chi connectivity index (χ3v) is 4.14. The van der Waals surface area contributed by atoms with Crippen LogP contribution in [0.2, 0.25) is 0 Å². The normalized spacial score (nSPS) is 23.0. The van der Waals surface area contributed by atoms with Crippen LogP contribution in [0.25, 0.3) is 0 Å². The molecule has 1 amide bonds. The van der Waals surface area contributed by atoms with E-state index in [9.17, 15) is 4.79 Å². The van der Waals surface area contributed by atoms with E-state index in [1.807, 2.05) is 36.2 Å². The van der Waals surface area contributed by atoms with Crippen molar-refractivity contribution in [2.45, 2.75) is 31.4 Å². The van der Waals surface area contributed by atoms with Gasteiger partial charge in [-0.05, 0) is 31.5 Å². The maximum atomic E-state index is 12.4. The third kappa shape index (κ3) is 2.45. The molecule has 19 heavy (non-hydrogen) atoms. The Bertz CT molecular complexity index is 442. The number of piperidine rings is 1. The number of likely N-dealkylation sites (tertiary alicyclic amines) is 1. The largest absolute Gasteiger partial charge is 0.480 e. The molecule has 0 spiro atoms. The molecule has 2 aliphatic rings. The predicted molar refractivity (Wildman–Crippen MR) is 73.2 cm³/mol. The Morgan fingerprint density at radius 1 is 1.32 bits per heavy atom. The molecule has 102 valence electrons. The summed E-state index contributed by atoms with van der Waals surface area (Å²) in [5.41, 5.74) is 1.14. The minimum Gasteiger partial charge on any atom is -0.480 e. The van der Waals surface area contributed by atoms with Gasteiger partial charge >= 0.3 is 0 Å². The molecule has 0 aliphatic carbocycles. The highest BCUT2D eigenvalue weighted by atomic mass is 16.5. The first-order chi connectivity index (χ1) is 9.28. The highest BCUT2D eigenvalue weighted by Gasteiger charge is 2.33. The first kappa shape index (κ1) is 12.5. The minimum absolute atomic E-state index is 0.144. The van der Waals surface area contributed by atoms with E-state index in [-0.39, 0.29) is 12.0 Å². The van der Waals surface area contributed by atoms with E-state index in [4.69, 9.17) is 4.74 Å². The Hall–Kier alpha value is -1.55. The average Bonchev–Trinajstić information content (AvgIpc) is 2.90. The van der Waals surface area contributed by atoms with Gasteiger partial charge in [0.1, 0.15) is 5.75 Å². The van der Waals surface area contributed by atoms with E-state index >= 15 is 0 Å². The molecule has 0 aromatic heterocycles. The molecule has 1 atom stereocenters.